The van der Waals surface area contributed by atoms with Crippen molar-refractivity contribution in [1.29, 1.82) is 0 Å². The highest BCUT2D eigenvalue weighted by atomic mass is 32.2. The van der Waals surface area contributed by atoms with Crippen LogP contribution in [-0.4, -0.2) is 30.9 Å². The van der Waals surface area contributed by atoms with E-state index in [2.05, 4.69) is 4.98 Å². The number of nitrogens with zero attached hydrogens (tertiary/aromatic N) is 2. The van der Waals surface area contributed by atoms with E-state index in [1.54, 1.807) is 36.5 Å². The number of aromatic nitrogens is 1. The fraction of sp³-hybridized carbons (Fsp3) is 0.389. The van der Waals surface area contributed by atoms with Gasteiger partial charge < -0.3 is 0 Å². The number of anilines is 1. The molecule has 1 aliphatic rings. The van der Waals surface area contributed by atoms with Crippen molar-refractivity contribution in [3.8, 4) is 11.3 Å². The Labute approximate surface area is 148 Å². The highest BCUT2D eigenvalue weighted by Gasteiger charge is 2.50. The molecular formula is C18H22N2O4S. The van der Waals surface area contributed by atoms with Crippen LogP contribution in [0.25, 0.3) is 11.3 Å². The van der Waals surface area contributed by atoms with Crippen LogP contribution in [0.15, 0.2) is 47.5 Å². The first kappa shape index (κ1) is 17.8. The Kier molecular flexibility index (Phi) is 4.14. The molecule has 0 saturated carbocycles. The summed E-state index contributed by atoms with van der Waals surface area (Å²) in [5.74, 6) is 0. The van der Waals surface area contributed by atoms with Crippen LogP contribution in [0.5, 0.6) is 0 Å². The fourth-order valence-electron chi connectivity index (χ4n) is 2.32. The minimum Gasteiger partial charge on any atom is -0.256 e. The Morgan fingerprint density at radius 3 is 2.04 bits per heavy atom. The zero-order chi connectivity index (χ0) is 18.5. The predicted molar refractivity (Wildman–Crippen MR) is 95.6 cm³/mol. The van der Waals surface area contributed by atoms with E-state index in [-0.39, 0.29) is 4.90 Å². The van der Waals surface area contributed by atoms with E-state index in [1.807, 2.05) is 33.8 Å². The normalized spacial score (nSPS) is 19.2. The monoisotopic (exact) mass is 362 g/mol. The lowest BCUT2D eigenvalue weighted by atomic mass is 9.90. The molecule has 1 aromatic carbocycles. The van der Waals surface area contributed by atoms with E-state index in [4.69, 9.17) is 9.68 Å². The molecule has 0 spiro atoms. The molecule has 3 rings (SSSR count). The molecule has 0 atom stereocenters. The molecule has 0 bridgehead atoms. The van der Waals surface area contributed by atoms with Crippen molar-refractivity contribution >= 4 is 15.5 Å². The molecule has 0 aliphatic carbocycles. The standard InChI is InChI=1S/C18H22N2O4S/c1-17(2)18(3,4)24-20(23-17)14-10-11-19-16(12-14)13-6-8-15(9-7-13)25(5,21)22/h6-12H,1-5H3. The molecule has 1 saturated heterocycles. The summed E-state index contributed by atoms with van der Waals surface area (Å²) in [6.45, 7) is 7.88. The SMILES string of the molecule is CC1(C)ON(c2ccnc(-c3ccc(S(C)(=O)=O)cc3)c2)OC1(C)C. The topological polar surface area (TPSA) is 68.7 Å². The van der Waals surface area contributed by atoms with Crippen molar-refractivity contribution in [3.05, 3.63) is 42.6 Å². The first-order valence-corrected chi connectivity index (χ1v) is 9.84. The van der Waals surface area contributed by atoms with Crippen LogP contribution in [0.1, 0.15) is 27.7 Å². The summed E-state index contributed by atoms with van der Waals surface area (Å²) in [5, 5.41) is 1.41. The summed E-state index contributed by atoms with van der Waals surface area (Å²) in [4.78, 5) is 16.5. The van der Waals surface area contributed by atoms with Crippen LogP contribution >= 0.6 is 0 Å². The maximum absolute atomic E-state index is 11.6. The number of hydrogen-bond donors (Lipinski definition) is 0. The van der Waals surface area contributed by atoms with Crippen molar-refractivity contribution in [2.45, 2.75) is 43.8 Å². The van der Waals surface area contributed by atoms with Gasteiger partial charge in [0, 0.05) is 18.0 Å². The molecule has 7 heteroatoms. The second-order valence-electron chi connectivity index (χ2n) is 7.16. The van der Waals surface area contributed by atoms with Crippen molar-refractivity contribution in [1.82, 2.24) is 4.98 Å². The summed E-state index contributed by atoms with van der Waals surface area (Å²) < 4.78 is 23.2. The van der Waals surface area contributed by atoms with Crippen LogP contribution in [0.4, 0.5) is 5.69 Å². The van der Waals surface area contributed by atoms with Gasteiger partial charge in [0.1, 0.15) is 11.2 Å². The number of hydrogen-bond acceptors (Lipinski definition) is 6. The maximum atomic E-state index is 11.6. The Balaban J connectivity index is 1.90. The van der Waals surface area contributed by atoms with E-state index in [1.165, 1.54) is 11.5 Å². The lowest BCUT2D eigenvalue weighted by Crippen LogP contribution is -2.41. The molecule has 0 N–H and O–H groups in total. The van der Waals surface area contributed by atoms with Crippen LogP contribution in [0, 0.1) is 0 Å². The quantitative estimate of drug-likeness (QED) is 0.834. The number of sulfone groups is 1. The van der Waals surface area contributed by atoms with Crippen molar-refractivity contribution in [2.24, 2.45) is 0 Å². The van der Waals surface area contributed by atoms with E-state index in [0.717, 1.165) is 11.3 Å². The zero-order valence-electron chi connectivity index (χ0n) is 15.0. The zero-order valence-corrected chi connectivity index (χ0v) is 15.8. The first-order valence-electron chi connectivity index (χ1n) is 7.95. The molecule has 2 heterocycles. The van der Waals surface area contributed by atoms with Gasteiger partial charge in [0.15, 0.2) is 9.84 Å². The number of pyridine rings is 1. The minimum absolute atomic E-state index is 0.280. The largest absolute Gasteiger partial charge is 0.256 e. The third-order valence-corrected chi connectivity index (χ3v) is 5.73. The molecule has 0 unspecified atom stereocenters. The van der Waals surface area contributed by atoms with Crippen LogP contribution in [0.2, 0.25) is 0 Å². The van der Waals surface area contributed by atoms with Gasteiger partial charge in [-0.2, -0.15) is 0 Å². The molecule has 6 nitrogen and oxygen atoms in total. The Hall–Kier alpha value is -1.96. The molecule has 0 radical (unpaired) electrons. The Morgan fingerprint density at radius 1 is 0.960 bits per heavy atom. The van der Waals surface area contributed by atoms with E-state index in [9.17, 15) is 8.42 Å². The van der Waals surface area contributed by atoms with Crippen molar-refractivity contribution in [2.75, 3.05) is 11.5 Å². The molecule has 1 aliphatic heterocycles. The molecular weight excluding hydrogens is 340 g/mol. The van der Waals surface area contributed by atoms with E-state index < -0.39 is 21.0 Å². The highest BCUT2D eigenvalue weighted by molar-refractivity contribution is 7.90. The summed E-state index contributed by atoms with van der Waals surface area (Å²) in [5.41, 5.74) is 1.27. The van der Waals surface area contributed by atoms with Gasteiger partial charge in [-0.15, -0.1) is 5.23 Å². The van der Waals surface area contributed by atoms with Gasteiger partial charge in [0.05, 0.1) is 16.3 Å². The second-order valence-corrected chi connectivity index (χ2v) is 9.17. The third kappa shape index (κ3) is 3.40. The average Bonchev–Trinajstić information content (AvgIpc) is 2.75. The average molecular weight is 362 g/mol. The molecule has 1 aromatic heterocycles. The molecule has 2 aromatic rings. The van der Waals surface area contributed by atoms with Gasteiger partial charge in [-0.3, -0.25) is 4.98 Å². The molecule has 25 heavy (non-hydrogen) atoms. The summed E-state index contributed by atoms with van der Waals surface area (Å²) in [6, 6.07) is 10.3. The summed E-state index contributed by atoms with van der Waals surface area (Å²) in [7, 11) is -3.22. The third-order valence-electron chi connectivity index (χ3n) is 4.60. The number of benzene rings is 1. The van der Waals surface area contributed by atoms with Crippen LogP contribution in [0.3, 0.4) is 0 Å². The maximum Gasteiger partial charge on any atom is 0.175 e. The minimum atomic E-state index is -3.22. The highest BCUT2D eigenvalue weighted by Crippen LogP contribution is 2.40. The van der Waals surface area contributed by atoms with Gasteiger partial charge in [-0.05, 0) is 52.0 Å². The lowest BCUT2D eigenvalue weighted by molar-refractivity contribution is -0.0273. The number of rotatable bonds is 3. The fourth-order valence-corrected chi connectivity index (χ4v) is 2.95. The second kappa shape index (κ2) is 5.79. The van der Waals surface area contributed by atoms with Crippen LogP contribution in [-0.2, 0) is 19.5 Å². The Bertz CT molecular complexity index is 874. The van der Waals surface area contributed by atoms with Gasteiger partial charge in [-0.25, -0.2) is 18.1 Å². The summed E-state index contributed by atoms with van der Waals surface area (Å²) in [6.07, 6.45) is 2.85. The van der Waals surface area contributed by atoms with Gasteiger partial charge in [0.25, 0.3) is 0 Å². The smallest absolute Gasteiger partial charge is 0.175 e. The van der Waals surface area contributed by atoms with Crippen molar-refractivity contribution in [3.63, 3.8) is 0 Å². The molecule has 1 fully saturated rings. The van der Waals surface area contributed by atoms with Crippen LogP contribution < -0.4 is 5.23 Å². The lowest BCUT2D eigenvalue weighted by Gasteiger charge is -2.26. The van der Waals surface area contributed by atoms with Gasteiger partial charge in [-0.1, -0.05) is 12.1 Å². The van der Waals surface area contributed by atoms with Gasteiger partial charge in [0.2, 0.25) is 0 Å². The van der Waals surface area contributed by atoms with E-state index in [0.29, 0.717) is 5.69 Å². The molecule has 0 amide bonds. The first-order chi connectivity index (χ1) is 11.5. The van der Waals surface area contributed by atoms with Gasteiger partial charge >= 0.3 is 0 Å². The van der Waals surface area contributed by atoms with E-state index >= 15 is 0 Å². The Morgan fingerprint density at radius 2 is 1.52 bits per heavy atom. The van der Waals surface area contributed by atoms with Crippen molar-refractivity contribution < 1.29 is 18.1 Å². The molecule has 134 valence electrons. The predicted octanol–water partition coefficient (Wildman–Crippen LogP) is 3.39. The summed E-state index contributed by atoms with van der Waals surface area (Å²) >= 11 is 0.